The van der Waals surface area contributed by atoms with Gasteiger partial charge in [-0.1, -0.05) is 25.1 Å². The Morgan fingerprint density at radius 1 is 1.04 bits per heavy atom. The number of alkyl halides is 3. The second-order valence-electron chi connectivity index (χ2n) is 5.21. The van der Waals surface area contributed by atoms with Crippen LogP contribution < -0.4 is 14.8 Å². The van der Waals surface area contributed by atoms with Crippen molar-refractivity contribution in [2.75, 3.05) is 18.5 Å². The molecule has 0 atom stereocenters. The molecular weight excluding hydrogens is 335 g/mol. The van der Waals surface area contributed by atoms with E-state index in [4.69, 9.17) is 9.47 Å². The van der Waals surface area contributed by atoms with Gasteiger partial charge in [0.1, 0.15) is 0 Å². The Kier molecular flexibility index (Phi) is 6.27. The normalized spacial score (nSPS) is 11.0. The summed E-state index contributed by atoms with van der Waals surface area (Å²) in [5.74, 6) is 0.344. The molecule has 0 saturated heterocycles. The number of halogens is 3. The molecule has 0 aliphatic heterocycles. The molecule has 0 radical (unpaired) electrons. The molecule has 1 amide bonds. The number of anilines is 1. The first-order valence-corrected chi connectivity index (χ1v) is 7.72. The molecule has 0 saturated carbocycles. The second kappa shape index (κ2) is 8.41. The highest BCUT2D eigenvalue weighted by Gasteiger charge is 2.30. The molecular formula is C18H18F3NO3. The van der Waals surface area contributed by atoms with Crippen LogP contribution in [0.3, 0.4) is 0 Å². The predicted octanol–water partition coefficient (Wildman–Crippen LogP) is 4.51. The molecule has 0 aliphatic rings. The first-order chi connectivity index (χ1) is 11.9. The Bertz CT molecular complexity index is 717. The van der Waals surface area contributed by atoms with E-state index in [1.165, 1.54) is 12.1 Å². The number of carbonyl (C=O) groups excluding carboxylic acids is 1. The molecule has 0 heterocycles. The van der Waals surface area contributed by atoms with E-state index in [1.54, 1.807) is 24.3 Å². The van der Waals surface area contributed by atoms with Crippen molar-refractivity contribution >= 4 is 11.6 Å². The van der Waals surface area contributed by atoms with Crippen LogP contribution in [0.25, 0.3) is 0 Å². The van der Waals surface area contributed by atoms with Crippen molar-refractivity contribution in [3.05, 3.63) is 54.1 Å². The molecule has 25 heavy (non-hydrogen) atoms. The van der Waals surface area contributed by atoms with Crippen LogP contribution in [0.15, 0.2) is 48.5 Å². The maximum Gasteiger partial charge on any atom is 0.416 e. The van der Waals surface area contributed by atoms with Gasteiger partial charge in [0.2, 0.25) is 0 Å². The van der Waals surface area contributed by atoms with Crippen molar-refractivity contribution in [3.63, 3.8) is 0 Å². The van der Waals surface area contributed by atoms with E-state index in [9.17, 15) is 18.0 Å². The van der Waals surface area contributed by atoms with Gasteiger partial charge in [0.05, 0.1) is 12.2 Å². The summed E-state index contributed by atoms with van der Waals surface area (Å²) in [7, 11) is 0. The summed E-state index contributed by atoms with van der Waals surface area (Å²) in [5, 5.41) is 2.38. The van der Waals surface area contributed by atoms with Gasteiger partial charge in [0.25, 0.3) is 5.91 Å². The molecule has 0 unspecified atom stereocenters. The zero-order chi connectivity index (χ0) is 18.3. The fourth-order valence-corrected chi connectivity index (χ4v) is 2.01. The lowest BCUT2D eigenvalue weighted by molar-refractivity contribution is -0.137. The molecule has 0 bridgehead atoms. The summed E-state index contributed by atoms with van der Waals surface area (Å²) in [4.78, 5) is 11.9. The van der Waals surface area contributed by atoms with Crippen molar-refractivity contribution in [1.29, 1.82) is 0 Å². The first kappa shape index (κ1) is 18.6. The van der Waals surface area contributed by atoms with Crippen LogP contribution in [0.2, 0.25) is 0 Å². The lowest BCUT2D eigenvalue weighted by Crippen LogP contribution is -2.20. The summed E-state index contributed by atoms with van der Waals surface area (Å²) >= 11 is 0. The minimum atomic E-state index is -4.47. The number of para-hydroxylation sites is 2. The Hall–Kier alpha value is -2.70. The average Bonchev–Trinajstić information content (AvgIpc) is 2.58. The topological polar surface area (TPSA) is 47.6 Å². The number of rotatable bonds is 7. The van der Waals surface area contributed by atoms with E-state index in [0.29, 0.717) is 18.1 Å². The van der Waals surface area contributed by atoms with Crippen molar-refractivity contribution < 1.29 is 27.4 Å². The highest BCUT2D eigenvalue weighted by molar-refractivity contribution is 5.92. The molecule has 2 rings (SSSR count). The van der Waals surface area contributed by atoms with Crippen LogP contribution >= 0.6 is 0 Å². The number of hydrogen-bond acceptors (Lipinski definition) is 3. The molecule has 0 aliphatic carbocycles. The molecule has 0 fully saturated rings. The number of ether oxygens (including phenoxy) is 2. The van der Waals surface area contributed by atoms with Crippen molar-refractivity contribution in [2.45, 2.75) is 19.5 Å². The van der Waals surface area contributed by atoms with Crippen LogP contribution in [0, 0.1) is 0 Å². The van der Waals surface area contributed by atoms with Crippen LogP contribution in [0.5, 0.6) is 11.5 Å². The number of carbonyl (C=O) groups is 1. The molecule has 0 spiro atoms. The van der Waals surface area contributed by atoms with Crippen molar-refractivity contribution in [2.24, 2.45) is 0 Å². The second-order valence-corrected chi connectivity index (χ2v) is 5.21. The lowest BCUT2D eigenvalue weighted by atomic mass is 10.2. The standard InChI is InChI=1S/C18H18F3NO3/c1-2-10-24-15-8-3-4-9-16(15)25-12-17(23)22-14-7-5-6-13(11-14)18(19,20)21/h3-9,11H,2,10,12H2,1H3,(H,22,23). The van der Waals surface area contributed by atoms with Crippen LogP contribution in [0.4, 0.5) is 18.9 Å². The third-order valence-corrected chi connectivity index (χ3v) is 3.14. The SMILES string of the molecule is CCCOc1ccccc1OCC(=O)Nc1cccc(C(F)(F)F)c1. The molecule has 1 N–H and O–H groups in total. The number of amides is 1. The Morgan fingerprint density at radius 3 is 2.36 bits per heavy atom. The van der Waals surface area contributed by atoms with E-state index in [-0.39, 0.29) is 12.3 Å². The smallest absolute Gasteiger partial charge is 0.416 e. The summed E-state index contributed by atoms with van der Waals surface area (Å²) < 4.78 is 48.9. The van der Waals surface area contributed by atoms with Gasteiger partial charge in [-0.25, -0.2) is 0 Å². The van der Waals surface area contributed by atoms with Gasteiger partial charge >= 0.3 is 6.18 Å². The summed E-state index contributed by atoms with van der Waals surface area (Å²) in [6.45, 7) is 2.13. The molecule has 2 aromatic rings. The van der Waals surface area contributed by atoms with E-state index < -0.39 is 17.6 Å². The monoisotopic (exact) mass is 353 g/mol. The van der Waals surface area contributed by atoms with Gasteiger partial charge in [-0.2, -0.15) is 13.2 Å². The summed E-state index contributed by atoms with van der Waals surface area (Å²) in [5.41, 5.74) is -0.775. The molecule has 2 aromatic carbocycles. The highest BCUT2D eigenvalue weighted by Crippen LogP contribution is 2.30. The maximum absolute atomic E-state index is 12.7. The highest BCUT2D eigenvalue weighted by atomic mass is 19.4. The zero-order valence-electron chi connectivity index (χ0n) is 13.6. The third-order valence-electron chi connectivity index (χ3n) is 3.14. The third kappa shape index (κ3) is 5.70. The van der Waals surface area contributed by atoms with Gasteiger partial charge < -0.3 is 14.8 Å². The Labute approximate surface area is 143 Å². The number of nitrogens with one attached hydrogen (secondary N) is 1. The minimum Gasteiger partial charge on any atom is -0.490 e. The predicted molar refractivity (Wildman–Crippen MR) is 87.8 cm³/mol. The van der Waals surface area contributed by atoms with Crippen LogP contribution in [-0.2, 0) is 11.0 Å². The lowest BCUT2D eigenvalue weighted by Gasteiger charge is -2.13. The van der Waals surface area contributed by atoms with Crippen LogP contribution in [-0.4, -0.2) is 19.1 Å². The van der Waals surface area contributed by atoms with E-state index in [0.717, 1.165) is 18.6 Å². The average molecular weight is 353 g/mol. The first-order valence-electron chi connectivity index (χ1n) is 7.72. The molecule has 4 nitrogen and oxygen atoms in total. The van der Waals surface area contributed by atoms with Gasteiger partial charge in [-0.15, -0.1) is 0 Å². The van der Waals surface area contributed by atoms with Crippen molar-refractivity contribution in [3.8, 4) is 11.5 Å². The van der Waals surface area contributed by atoms with Gasteiger partial charge in [0, 0.05) is 5.69 Å². The Morgan fingerprint density at radius 2 is 1.72 bits per heavy atom. The van der Waals surface area contributed by atoms with Gasteiger partial charge in [0.15, 0.2) is 18.1 Å². The van der Waals surface area contributed by atoms with Gasteiger partial charge in [-0.3, -0.25) is 4.79 Å². The quantitative estimate of drug-likeness (QED) is 0.797. The number of hydrogen-bond donors (Lipinski definition) is 1. The molecule has 134 valence electrons. The molecule has 7 heteroatoms. The largest absolute Gasteiger partial charge is 0.490 e. The van der Waals surface area contributed by atoms with Crippen LogP contribution in [0.1, 0.15) is 18.9 Å². The minimum absolute atomic E-state index is 0.0546. The van der Waals surface area contributed by atoms with E-state index >= 15 is 0 Å². The fraction of sp³-hybridized carbons (Fsp3) is 0.278. The Balaban J connectivity index is 1.96. The summed E-state index contributed by atoms with van der Waals surface area (Å²) in [6.07, 6.45) is -3.64. The summed E-state index contributed by atoms with van der Waals surface area (Å²) in [6, 6.07) is 11.3. The van der Waals surface area contributed by atoms with Crippen molar-refractivity contribution in [1.82, 2.24) is 0 Å². The van der Waals surface area contributed by atoms with E-state index in [1.807, 2.05) is 6.92 Å². The zero-order valence-corrected chi connectivity index (χ0v) is 13.6. The fourth-order valence-electron chi connectivity index (χ4n) is 2.01. The maximum atomic E-state index is 12.7. The van der Waals surface area contributed by atoms with Gasteiger partial charge in [-0.05, 0) is 36.8 Å². The number of benzene rings is 2. The van der Waals surface area contributed by atoms with E-state index in [2.05, 4.69) is 5.32 Å². The molecule has 0 aromatic heterocycles.